The number of nitrogens with zero attached hydrogens (tertiary/aromatic N) is 2. The van der Waals surface area contributed by atoms with Crippen LogP contribution < -0.4 is 0 Å². The number of esters is 1. The van der Waals surface area contributed by atoms with Gasteiger partial charge in [-0.3, -0.25) is 4.90 Å². The molecule has 0 amide bonds. The second-order valence-corrected chi connectivity index (χ2v) is 6.20. The number of rotatable bonds is 4. The number of morpholine rings is 1. The molecule has 23 heavy (non-hydrogen) atoms. The summed E-state index contributed by atoms with van der Waals surface area (Å²) in [6.07, 6.45) is 0.925. The van der Waals surface area contributed by atoms with Gasteiger partial charge in [0.15, 0.2) is 0 Å². The number of halogens is 1. The van der Waals surface area contributed by atoms with Crippen molar-refractivity contribution in [3.63, 3.8) is 0 Å². The van der Waals surface area contributed by atoms with E-state index in [1.807, 2.05) is 17.7 Å². The van der Waals surface area contributed by atoms with E-state index in [1.165, 1.54) is 12.7 Å². The number of hydrogen-bond donors (Lipinski definition) is 0. The second-order valence-electron chi connectivity index (χ2n) is 5.79. The molecular formula is C17H21ClN2O3. The highest BCUT2D eigenvalue weighted by atomic mass is 35.5. The van der Waals surface area contributed by atoms with Crippen LogP contribution in [0.5, 0.6) is 0 Å². The van der Waals surface area contributed by atoms with E-state index >= 15 is 0 Å². The summed E-state index contributed by atoms with van der Waals surface area (Å²) in [7, 11) is 3.24. The van der Waals surface area contributed by atoms with Gasteiger partial charge >= 0.3 is 5.97 Å². The lowest BCUT2D eigenvalue weighted by Gasteiger charge is -2.26. The molecule has 1 fully saturated rings. The molecule has 1 saturated heterocycles. The van der Waals surface area contributed by atoms with Gasteiger partial charge in [-0.05, 0) is 30.2 Å². The highest BCUT2D eigenvalue weighted by molar-refractivity contribution is 6.35. The molecule has 0 saturated carbocycles. The predicted octanol–water partition coefficient (Wildman–Crippen LogP) is 2.49. The monoisotopic (exact) mass is 336 g/mol. The molecule has 124 valence electrons. The Morgan fingerprint density at radius 2 is 2.04 bits per heavy atom. The van der Waals surface area contributed by atoms with Crippen molar-refractivity contribution in [2.75, 3.05) is 40.0 Å². The van der Waals surface area contributed by atoms with E-state index in [0.717, 1.165) is 50.2 Å². The number of aromatic nitrogens is 1. The summed E-state index contributed by atoms with van der Waals surface area (Å²) in [6, 6.07) is 5.88. The largest absolute Gasteiger partial charge is 0.464 e. The van der Waals surface area contributed by atoms with E-state index in [4.69, 9.17) is 21.1 Å². The SMILES string of the molecule is COC(=O)c1cc2c(Cl)cc(CCN3CCOCC3)cc2n1C. The van der Waals surface area contributed by atoms with Crippen LogP contribution in [0.1, 0.15) is 16.1 Å². The number of carbonyl (C=O) groups excluding carboxylic acids is 1. The minimum Gasteiger partial charge on any atom is -0.464 e. The van der Waals surface area contributed by atoms with Gasteiger partial charge in [-0.25, -0.2) is 4.79 Å². The van der Waals surface area contributed by atoms with Gasteiger partial charge < -0.3 is 14.0 Å². The minimum absolute atomic E-state index is 0.352. The Morgan fingerprint density at radius 3 is 2.74 bits per heavy atom. The molecule has 1 aromatic heterocycles. The maximum Gasteiger partial charge on any atom is 0.354 e. The molecule has 3 rings (SSSR count). The molecule has 0 aliphatic carbocycles. The van der Waals surface area contributed by atoms with Crippen molar-refractivity contribution in [1.29, 1.82) is 0 Å². The lowest BCUT2D eigenvalue weighted by atomic mass is 10.1. The fourth-order valence-electron chi connectivity index (χ4n) is 3.00. The van der Waals surface area contributed by atoms with E-state index in [1.54, 1.807) is 6.07 Å². The summed E-state index contributed by atoms with van der Waals surface area (Å²) in [6.45, 7) is 4.55. The van der Waals surface area contributed by atoms with Crippen molar-refractivity contribution in [2.24, 2.45) is 7.05 Å². The molecule has 0 bridgehead atoms. The maximum atomic E-state index is 11.8. The Balaban J connectivity index is 1.84. The number of fused-ring (bicyclic) bond motifs is 1. The highest BCUT2D eigenvalue weighted by Crippen LogP contribution is 2.29. The number of methoxy groups -OCH3 is 1. The van der Waals surface area contributed by atoms with Gasteiger partial charge in [0.2, 0.25) is 0 Å². The fraction of sp³-hybridized carbons (Fsp3) is 0.471. The Bertz CT molecular complexity index is 720. The van der Waals surface area contributed by atoms with Gasteiger partial charge in [0, 0.05) is 32.1 Å². The smallest absolute Gasteiger partial charge is 0.354 e. The summed E-state index contributed by atoms with van der Waals surface area (Å²) in [5.74, 6) is -0.352. The minimum atomic E-state index is -0.352. The molecule has 2 heterocycles. The molecule has 5 nitrogen and oxygen atoms in total. The molecule has 0 N–H and O–H groups in total. The lowest BCUT2D eigenvalue weighted by Crippen LogP contribution is -2.37. The van der Waals surface area contributed by atoms with Crippen molar-refractivity contribution in [3.8, 4) is 0 Å². The van der Waals surface area contributed by atoms with E-state index in [0.29, 0.717) is 10.7 Å². The first-order chi connectivity index (χ1) is 11.1. The summed E-state index contributed by atoms with van der Waals surface area (Å²) in [5.41, 5.74) is 2.64. The zero-order valence-electron chi connectivity index (χ0n) is 13.5. The van der Waals surface area contributed by atoms with Crippen LogP contribution in [0.3, 0.4) is 0 Å². The van der Waals surface area contributed by atoms with Crippen LogP contribution in [-0.4, -0.2) is 55.4 Å². The van der Waals surface area contributed by atoms with Crippen LogP contribution in [0, 0.1) is 0 Å². The summed E-state index contributed by atoms with van der Waals surface area (Å²) < 4.78 is 12.0. The van der Waals surface area contributed by atoms with Gasteiger partial charge in [-0.15, -0.1) is 0 Å². The predicted molar refractivity (Wildman–Crippen MR) is 90.2 cm³/mol. The van der Waals surface area contributed by atoms with Gasteiger partial charge in [-0.1, -0.05) is 11.6 Å². The van der Waals surface area contributed by atoms with Crippen LogP contribution in [0.4, 0.5) is 0 Å². The van der Waals surface area contributed by atoms with Crippen molar-refractivity contribution in [2.45, 2.75) is 6.42 Å². The first-order valence-corrected chi connectivity index (χ1v) is 8.14. The Labute approximate surface area is 140 Å². The standard InChI is InChI=1S/C17H21ClN2O3/c1-19-15-10-12(3-4-20-5-7-23-8-6-20)9-14(18)13(15)11-16(19)17(21)22-2/h9-11H,3-8H2,1-2H3. The van der Waals surface area contributed by atoms with Crippen molar-refractivity contribution < 1.29 is 14.3 Å². The van der Waals surface area contributed by atoms with Crippen LogP contribution in [0.15, 0.2) is 18.2 Å². The topological polar surface area (TPSA) is 43.7 Å². The molecule has 0 atom stereocenters. The van der Waals surface area contributed by atoms with Crippen molar-refractivity contribution in [3.05, 3.63) is 34.5 Å². The van der Waals surface area contributed by atoms with Crippen LogP contribution in [-0.2, 0) is 22.9 Å². The first-order valence-electron chi connectivity index (χ1n) is 7.76. The molecule has 1 aliphatic rings. The molecule has 0 unspecified atom stereocenters. The van der Waals surface area contributed by atoms with E-state index in [-0.39, 0.29) is 5.97 Å². The zero-order valence-corrected chi connectivity index (χ0v) is 14.2. The van der Waals surface area contributed by atoms with Crippen molar-refractivity contribution >= 4 is 28.5 Å². The quantitative estimate of drug-likeness (QED) is 0.805. The van der Waals surface area contributed by atoms with E-state index in [2.05, 4.69) is 11.0 Å². The third-order valence-corrected chi connectivity index (χ3v) is 4.70. The van der Waals surface area contributed by atoms with Gasteiger partial charge in [-0.2, -0.15) is 0 Å². The third-order valence-electron chi connectivity index (χ3n) is 4.39. The Kier molecular flexibility index (Phi) is 4.90. The normalized spacial score (nSPS) is 16.0. The third kappa shape index (κ3) is 3.37. The number of carbonyl (C=O) groups is 1. The second kappa shape index (κ2) is 6.91. The molecule has 6 heteroatoms. The molecule has 1 aromatic carbocycles. The van der Waals surface area contributed by atoms with E-state index < -0.39 is 0 Å². The average molecular weight is 337 g/mol. The van der Waals surface area contributed by atoms with Crippen LogP contribution in [0.25, 0.3) is 10.9 Å². The zero-order chi connectivity index (χ0) is 16.4. The van der Waals surface area contributed by atoms with Gasteiger partial charge in [0.25, 0.3) is 0 Å². The highest BCUT2D eigenvalue weighted by Gasteiger charge is 2.16. The van der Waals surface area contributed by atoms with E-state index in [9.17, 15) is 4.79 Å². The number of benzene rings is 1. The summed E-state index contributed by atoms with van der Waals surface area (Å²) in [4.78, 5) is 14.2. The summed E-state index contributed by atoms with van der Waals surface area (Å²) in [5, 5.41) is 1.55. The lowest BCUT2D eigenvalue weighted by molar-refractivity contribution is 0.0384. The number of hydrogen-bond acceptors (Lipinski definition) is 4. The number of ether oxygens (including phenoxy) is 2. The Morgan fingerprint density at radius 1 is 1.30 bits per heavy atom. The Hall–Kier alpha value is -1.56. The fourth-order valence-corrected chi connectivity index (χ4v) is 3.29. The molecule has 0 radical (unpaired) electrons. The van der Waals surface area contributed by atoms with Gasteiger partial charge in [0.1, 0.15) is 5.69 Å². The molecule has 1 aliphatic heterocycles. The molecular weight excluding hydrogens is 316 g/mol. The van der Waals surface area contributed by atoms with Crippen molar-refractivity contribution in [1.82, 2.24) is 9.47 Å². The van der Waals surface area contributed by atoms with Crippen LogP contribution in [0.2, 0.25) is 5.02 Å². The van der Waals surface area contributed by atoms with Gasteiger partial charge in [0.05, 0.1) is 30.9 Å². The number of aryl methyl sites for hydroxylation is 1. The maximum absolute atomic E-state index is 11.8. The molecule has 2 aromatic rings. The average Bonchev–Trinajstić information content (AvgIpc) is 2.91. The van der Waals surface area contributed by atoms with Crippen LogP contribution >= 0.6 is 11.6 Å². The molecule has 0 spiro atoms. The first kappa shape index (κ1) is 16.3. The summed E-state index contributed by atoms with van der Waals surface area (Å²) >= 11 is 6.42.